The average molecular weight is 379 g/mol. The van der Waals surface area contributed by atoms with Crippen LogP contribution in [0.25, 0.3) is 0 Å². The Hall–Kier alpha value is -0.520. The zero-order chi connectivity index (χ0) is 20.3. The van der Waals surface area contributed by atoms with Gasteiger partial charge in [-0.05, 0) is 32.1 Å². The molecule has 162 valence electrons. The van der Waals surface area contributed by atoms with E-state index in [1.807, 2.05) is 0 Å². The molecule has 0 heteroatoms. The molecule has 0 rings (SSSR count). The molecule has 0 saturated carbocycles. The monoisotopic (exact) mass is 378 g/mol. The fourth-order valence-corrected chi connectivity index (χ4v) is 3.19. The largest absolute Gasteiger partial charge is 0.0888 e. The van der Waals surface area contributed by atoms with Crippen LogP contribution in [0.4, 0.5) is 0 Å². The average Bonchev–Trinajstić information content (AvgIpc) is 2.68. The van der Waals surface area contributed by atoms with Crippen LogP contribution in [-0.4, -0.2) is 0 Å². The minimum atomic E-state index is 1.18. The molecule has 0 N–H and O–H groups in total. The minimum absolute atomic E-state index is 1.18. The molecule has 0 heterocycles. The number of hydrogen-bond acceptors (Lipinski definition) is 0. The third kappa shape index (κ3) is 33.5. The van der Waals surface area contributed by atoms with E-state index in [4.69, 9.17) is 0 Å². The summed E-state index contributed by atoms with van der Waals surface area (Å²) in [4.78, 5) is 0. The van der Waals surface area contributed by atoms with Crippen molar-refractivity contribution in [3.63, 3.8) is 0 Å². The van der Waals surface area contributed by atoms with Crippen LogP contribution in [0.3, 0.4) is 0 Å². The minimum Gasteiger partial charge on any atom is -0.0888 e. The lowest BCUT2D eigenvalue weighted by atomic mass is 10.0. The Kier molecular flexibility index (Phi) is 32.1. The number of allylic oxidation sites excluding steroid dienone is 4. The summed E-state index contributed by atoms with van der Waals surface area (Å²) in [5.41, 5.74) is 0. The van der Waals surface area contributed by atoms with Crippen molar-refractivity contribution in [2.45, 2.75) is 150 Å². The Morgan fingerprint density at radius 3 is 1.07 bits per heavy atom. The molecule has 0 atom stereocenters. The Balaban J connectivity index is 0. The van der Waals surface area contributed by atoms with Crippen LogP contribution in [-0.2, 0) is 0 Å². The molecule has 0 radical (unpaired) electrons. The summed E-state index contributed by atoms with van der Waals surface area (Å²) in [5, 5.41) is 0. The van der Waals surface area contributed by atoms with E-state index in [9.17, 15) is 0 Å². The van der Waals surface area contributed by atoms with Gasteiger partial charge in [0.2, 0.25) is 0 Å². The summed E-state index contributed by atoms with van der Waals surface area (Å²) in [6.45, 7) is 8.86. The van der Waals surface area contributed by atoms with Gasteiger partial charge in [0.15, 0.2) is 0 Å². The second-order valence-electron chi connectivity index (χ2n) is 7.93. The lowest BCUT2D eigenvalue weighted by molar-refractivity contribution is 0.536. The highest BCUT2D eigenvalue weighted by Crippen LogP contribution is 2.13. The Bertz CT molecular complexity index is 274. The van der Waals surface area contributed by atoms with Gasteiger partial charge >= 0.3 is 0 Å². The van der Waals surface area contributed by atoms with E-state index in [0.717, 1.165) is 0 Å². The first-order valence-electron chi connectivity index (χ1n) is 12.6. The standard InChI is InChI=1S/C20H40.C7H14/c1-3-5-7-9-11-13-15-17-19-20-18-16-14-12-10-8-6-4-2;1-3-5-7-6-4-2/h5,7H,3-4,6,8-20H2,1-2H3;5,7H,3-4,6H2,1-2H3. The van der Waals surface area contributed by atoms with Crippen molar-refractivity contribution in [1.29, 1.82) is 0 Å². The Morgan fingerprint density at radius 1 is 0.333 bits per heavy atom. The van der Waals surface area contributed by atoms with Crippen LogP contribution in [0.5, 0.6) is 0 Å². The Morgan fingerprint density at radius 2 is 0.704 bits per heavy atom. The van der Waals surface area contributed by atoms with Gasteiger partial charge in [-0.2, -0.15) is 0 Å². The van der Waals surface area contributed by atoms with Gasteiger partial charge in [0.1, 0.15) is 0 Å². The van der Waals surface area contributed by atoms with E-state index in [1.165, 1.54) is 122 Å². The molecular formula is C27H54. The van der Waals surface area contributed by atoms with E-state index >= 15 is 0 Å². The molecule has 0 nitrogen and oxygen atoms in total. The predicted octanol–water partition coefficient (Wildman–Crippen LogP) is 10.6. The summed E-state index contributed by atoms with van der Waals surface area (Å²) in [5.74, 6) is 0. The van der Waals surface area contributed by atoms with Gasteiger partial charge in [-0.25, -0.2) is 0 Å². The van der Waals surface area contributed by atoms with Crippen LogP contribution >= 0.6 is 0 Å². The highest BCUT2D eigenvalue weighted by molar-refractivity contribution is 4.79. The number of rotatable bonds is 19. The Labute approximate surface area is 174 Å². The lowest BCUT2D eigenvalue weighted by Gasteiger charge is -2.02. The summed E-state index contributed by atoms with van der Waals surface area (Å²) in [6, 6.07) is 0. The van der Waals surface area contributed by atoms with Crippen molar-refractivity contribution in [3.8, 4) is 0 Å². The van der Waals surface area contributed by atoms with E-state index in [1.54, 1.807) is 0 Å². The van der Waals surface area contributed by atoms with Gasteiger partial charge in [0, 0.05) is 0 Å². The van der Waals surface area contributed by atoms with Crippen LogP contribution < -0.4 is 0 Å². The van der Waals surface area contributed by atoms with E-state index in [-0.39, 0.29) is 0 Å². The molecule has 0 unspecified atom stereocenters. The summed E-state index contributed by atoms with van der Waals surface area (Å²) in [7, 11) is 0. The maximum absolute atomic E-state index is 2.35. The molecule has 0 aromatic carbocycles. The van der Waals surface area contributed by atoms with Crippen molar-refractivity contribution in [3.05, 3.63) is 24.3 Å². The SMILES string of the molecule is CCC=CCCC.CCC=CCCCCCCCCCCCCCCCC. The molecule has 0 aliphatic carbocycles. The molecule has 0 fully saturated rings. The maximum Gasteiger partial charge on any atom is -0.0351 e. The summed E-state index contributed by atoms with van der Waals surface area (Å²) < 4.78 is 0. The topological polar surface area (TPSA) is 0 Å². The smallest absolute Gasteiger partial charge is 0.0351 e. The quantitative estimate of drug-likeness (QED) is 0.155. The van der Waals surface area contributed by atoms with Crippen LogP contribution in [0.1, 0.15) is 150 Å². The summed E-state index contributed by atoms with van der Waals surface area (Å²) >= 11 is 0. The van der Waals surface area contributed by atoms with Crippen molar-refractivity contribution >= 4 is 0 Å². The normalized spacial score (nSPS) is 11.3. The van der Waals surface area contributed by atoms with E-state index in [0.29, 0.717) is 0 Å². The van der Waals surface area contributed by atoms with Gasteiger partial charge in [-0.3, -0.25) is 0 Å². The highest BCUT2D eigenvalue weighted by atomic mass is 14.0. The van der Waals surface area contributed by atoms with Crippen molar-refractivity contribution in [2.24, 2.45) is 0 Å². The number of unbranched alkanes of at least 4 members (excludes halogenated alkanes) is 15. The molecule has 0 aliphatic heterocycles. The maximum atomic E-state index is 2.35. The van der Waals surface area contributed by atoms with Gasteiger partial charge in [-0.1, -0.05) is 142 Å². The van der Waals surface area contributed by atoms with Gasteiger partial charge in [-0.15, -0.1) is 0 Å². The molecule has 0 aliphatic rings. The molecule has 0 aromatic heterocycles. The fraction of sp³-hybridized carbons (Fsp3) is 0.852. The third-order valence-electron chi connectivity index (χ3n) is 4.98. The van der Waals surface area contributed by atoms with Crippen LogP contribution in [0.15, 0.2) is 24.3 Å². The predicted molar refractivity (Wildman–Crippen MR) is 129 cm³/mol. The van der Waals surface area contributed by atoms with E-state index in [2.05, 4.69) is 52.0 Å². The third-order valence-corrected chi connectivity index (χ3v) is 4.98. The van der Waals surface area contributed by atoms with Gasteiger partial charge in [0.25, 0.3) is 0 Å². The second-order valence-corrected chi connectivity index (χ2v) is 7.93. The van der Waals surface area contributed by atoms with Gasteiger partial charge < -0.3 is 0 Å². The highest BCUT2D eigenvalue weighted by Gasteiger charge is 1.93. The van der Waals surface area contributed by atoms with Crippen molar-refractivity contribution in [2.75, 3.05) is 0 Å². The van der Waals surface area contributed by atoms with Crippen LogP contribution in [0, 0.1) is 0 Å². The molecule has 0 aromatic rings. The first-order valence-corrected chi connectivity index (χ1v) is 12.6. The van der Waals surface area contributed by atoms with E-state index < -0.39 is 0 Å². The molecule has 0 amide bonds. The first-order chi connectivity index (χ1) is 13.3. The number of hydrogen-bond donors (Lipinski definition) is 0. The molecule has 0 saturated heterocycles. The molecule has 0 spiro atoms. The zero-order valence-electron chi connectivity index (χ0n) is 19.7. The molecule has 0 bridgehead atoms. The van der Waals surface area contributed by atoms with Crippen LogP contribution in [0.2, 0.25) is 0 Å². The summed E-state index contributed by atoms with van der Waals surface area (Å²) in [6.07, 6.45) is 35.6. The second kappa shape index (κ2) is 30.2. The molecular weight excluding hydrogens is 324 g/mol. The zero-order valence-corrected chi connectivity index (χ0v) is 19.7. The lowest BCUT2D eigenvalue weighted by Crippen LogP contribution is -1.83. The van der Waals surface area contributed by atoms with Gasteiger partial charge in [0.05, 0.1) is 0 Å². The van der Waals surface area contributed by atoms with Crippen molar-refractivity contribution < 1.29 is 0 Å². The van der Waals surface area contributed by atoms with Crippen molar-refractivity contribution in [1.82, 2.24) is 0 Å². The fourth-order valence-electron chi connectivity index (χ4n) is 3.19. The first kappa shape index (κ1) is 28.7. The molecule has 27 heavy (non-hydrogen) atoms.